The number of benzene rings is 1. The highest BCUT2D eigenvalue weighted by Crippen LogP contribution is 2.39. The second-order valence-corrected chi connectivity index (χ2v) is 9.97. The van der Waals surface area contributed by atoms with Gasteiger partial charge < -0.3 is 4.90 Å². The molecule has 146 valence electrons. The molecule has 1 aromatic heterocycles. The Labute approximate surface area is 168 Å². The largest absolute Gasteiger partial charge is 0.308 e. The highest BCUT2D eigenvalue weighted by molar-refractivity contribution is 7.10. The SMILES string of the molecule is Cc1ccc(N(Cc2csc(C3CCCCC3)c2C)C(=O)C(C)(C)C)cc1. The van der Waals surface area contributed by atoms with Gasteiger partial charge in [-0.1, -0.05) is 57.7 Å². The van der Waals surface area contributed by atoms with Gasteiger partial charge in [-0.05, 0) is 61.2 Å². The maximum Gasteiger partial charge on any atom is 0.232 e. The van der Waals surface area contributed by atoms with Gasteiger partial charge in [-0.3, -0.25) is 4.79 Å². The Kier molecular flexibility index (Phi) is 6.10. The predicted molar refractivity (Wildman–Crippen MR) is 117 cm³/mol. The molecule has 0 unspecified atom stereocenters. The Morgan fingerprint density at radius 2 is 1.70 bits per heavy atom. The number of rotatable bonds is 4. The van der Waals surface area contributed by atoms with Crippen molar-refractivity contribution in [1.82, 2.24) is 0 Å². The number of hydrogen-bond acceptors (Lipinski definition) is 2. The first kappa shape index (κ1) is 20.1. The molecule has 3 heteroatoms. The third-order valence-corrected chi connectivity index (χ3v) is 7.01. The molecule has 0 saturated heterocycles. The molecule has 1 amide bonds. The zero-order valence-corrected chi connectivity index (χ0v) is 18.3. The summed E-state index contributed by atoms with van der Waals surface area (Å²) >= 11 is 1.90. The van der Waals surface area contributed by atoms with Crippen LogP contribution in [0.3, 0.4) is 0 Å². The number of carbonyl (C=O) groups is 1. The van der Waals surface area contributed by atoms with E-state index in [0.717, 1.165) is 11.6 Å². The van der Waals surface area contributed by atoms with Crippen molar-refractivity contribution in [3.63, 3.8) is 0 Å². The average Bonchev–Trinajstić information content (AvgIpc) is 3.00. The molecule has 0 atom stereocenters. The standard InChI is InChI=1S/C24H33NOS/c1-17-11-13-21(14-12-17)25(23(26)24(3,4)5)15-20-16-27-22(18(20)2)19-9-7-6-8-10-19/h11-14,16,19H,6-10,15H2,1-5H3. The molecule has 0 radical (unpaired) electrons. The van der Waals surface area contributed by atoms with Gasteiger partial charge in [-0.25, -0.2) is 0 Å². The molecule has 1 fully saturated rings. The first-order chi connectivity index (χ1) is 12.8. The lowest BCUT2D eigenvalue weighted by Gasteiger charge is -2.30. The fourth-order valence-corrected chi connectivity index (χ4v) is 5.23. The van der Waals surface area contributed by atoms with Crippen LogP contribution in [0.5, 0.6) is 0 Å². The Morgan fingerprint density at radius 1 is 1.07 bits per heavy atom. The van der Waals surface area contributed by atoms with Crippen molar-refractivity contribution in [2.75, 3.05) is 4.90 Å². The van der Waals surface area contributed by atoms with Gasteiger partial charge in [0.1, 0.15) is 0 Å². The summed E-state index contributed by atoms with van der Waals surface area (Å²) in [6.07, 6.45) is 6.74. The molecule has 2 nitrogen and oxygen atoms in total. The molecule has 1 aliphatic carbocycles. The summed E-state index contributed by atoms with van der Waals surface area (Å²) < 4.78 is 0. The van der Waals surface area contributed by atoms with Gasteiger partial charge in [0.25, 0.3) is 0 Å². The maximum absolute atomic E-state index is 13.2. The molecule has 0 aliphatic heterocycles. The monoisotopic (exact) mass is 383 g/mol. The minimum atomic E-state index is -0.402. The van der Waals surface area contributed by atoms with Gasteiger partial charge in [0.15, 0.2) is 0 Å². The van der Waals surface area contributed by atoms with Crippen LogP contribution < -0.4 is 4.90 Å². The minimum Gasteiger partial charge on any atom is -0.308 e. The highest BCUT2D eigenvalue weighted by atomic mass is 32.1. The van der Waals surface area contributed by atoms with E-state index in [4.69, 9.17) is 0 Å². The molecule has 2 aromatic rings. The van der Waals surface area contributed by atoms with E-state index in [1.165, 1.54) is 48.8 Å². The van der Waals surface area contributed by atoms with Crippen LogP contribution in [0.2, 0.25) is 0 Å². The van der Waals surface area contributed by atoms with Crippen LogP contribution in [0, 0.1) is 19.3 Å². The lowest BCUT2D eigenvalue weighted by atomic mass is 9.86. The van der Waals surface area contributed by atoms with Gasteiger partial charge in [-0.2, -0.15) is 0 Å². The van der Waals surface area contributed by atoms with Gasteiger partial charge in [0.05, 0.1) is 6.54 Å². The molecule has 1 saturated carbocycles. The van der Waals surface area contributed by atoms with Crippen LogP contribution in [-0.4, -0.2) is 5.91 Å². The number of thiophene rings is 1. The summed E-state index contributed by atoms with van der Waals surface area (Å²) in [5.74, 6) is 0.903. The first-order valence-electron chi connectivity index (χ1n) is 10.2. The molecule has 3 rings (SSSR count). The van der Waals surface area contributed by atoms with Gasteiger partial charge >= 0.3 is 0 Å². The summed E-state index contributed by atoms with van der Waals surface area (Å²) in [6.45, 7) is 11.0. The lowest BCUT2D eigenvalue weighted by molar-refractivity contribution is -0.125. The lowest BCUT2D eigenvalue weighted by Crippen LogP contribution is -2.39. The van der Waals surface area contributed by atoms with Crippen LogP contribution in [0.25, 0.3) is 0 Å². The predicted octanol–water partition coefficient (Wildman–Crippen LogP) is 6.99. The van der Waals surface area contributed by atoms with Crippen molar-refractivity contribution < 1.29 is 4.79 Å². The van der Waals surface area contributed by atoms with Crippen molar-refractivity contribution in [1.29, 1.82) is 0 Å². The molecule has 1 aromatic carbocycles. The van der Waals surface area contributed by atoms with Crippen LogP contribution in [-0.2, 0) is 11.3 Å². The number of hydrogen-bond donors (Lipinski definition) is 0. The first-order valence-corrected chi connectivity index (χ1v) is 11.1. The van der Waals surface area contributed by atoms with Crippen LogP contribution in [0.4, 0.5) is 5.69 Å². The topological polar surface area (TPSA) is 20.3 Å². The molecular formula is C24H33NOS. The van der Waals surface area contributed by atoms with E-state index in [1.807, 2.05) is 37.0 Å². The van der Waals surface area contributed by atoms with Crippen LogP contribution in [0.15, 0.2) is 29.6 Å². The smallest absolute Gasteiger partial charge is 0.232 e. The minimum absolute atomic E-state index is 0.177. The van der Waals surface area contributed by atoms with Crippen molar-refractivity contribution in [2.45, 2.75) is 79.2 Å². The molecule has 0 spiro atoms. The third-order valence-electron chi connectivity index (χ3n) is 5.72. The van der Waals surface area contributed by atoms with Crippen LogP contribution >= 0.6 is 11.3 Å². The number of anilines is 1. The Morgan fingerprint density at radius 3 is 2.30 bits per heavy atom. The van der Waals surface area contributed by atoms with E-state index in [-0.39, 0.29) is 5.91 Å². The molecule has 1 heterocycles. The van der Waals surface area contributed by atoms with E-state index in [9.17, 15) is 4.79 Å². The van der Waals surface area contributed by atoms with E-state index in [0.29, 0.717) is 6.54 Å². The normalized spacial score (nSPS) is 15.7. The van der Waals surface area contributed by atoms with Crippen LogP contribution in [0.1, 0.15) is 80.4 Å². The second-order valence-electron chi connectivity index (χ2n) is 9.06. The number of nitrogens with zero attached hydrogens (tertiary/aromatic N) is 1. The molecule has 0 bridgehead atoms. The fraction of sp³-hybridized carbons (Fsp3) is 0.542. The van der Waals surface area contributed by atoms with Crippen molar-refractivity contribution in [3.8, 4) is 0 Å². The third kappa shape index (κ3) is 4.63. The summed E-state index contributed by atoms with van der Waals surface area (Å²) in [7, 11) is 0. The highest BCUT2D eigenvalue weighted by Gasteiger charge is 2.29. The Hall–Kier alpha value is -1.61. The zero-order valence-electron chi connectivity index (χ0n) is 17.5. The summed E-state index contributed by atoms with van der Waals surface area (Å²) in [5.41, 5.74) is 4.52. The van der Waals surface area contributed by atoms with E-state index < -0.39 is 5.41 Å². The van der Waals surface area contributed by atoms with Crippen molar-refractivity contribution in [2.24, 2.45) is 5.41 Å². The zero-order chi connectivity index (χ0) is 19.6. The average molecular weight is 384 g/mol. The van der Waals surface area contributed by atoms with Crippen molar-refractivity contribution >= 4 is 22.9 Å². The van der Waals surface area contributed by atoms with Crippen molar-refractivity contribution in [3.05, 3.63) is 51.2 Å². The Balaban J connectivity index is 1.89. The molecule has 1 aliphatic rings. The summed E-state index contributed by atoms with van der Waals surface area (Å²) in [6, 6.07) is 8.32. The quantitative estimate of drug-likeness (QED) is 0.557. The number of aryl methyl sites for hydroxylation is 1. The fourth-order valence-electron chi connectivity index (χ4n) is 3.97. The maximum atomic E-state index is 13.2. The molecular weight excluding hydrogens is 350 g/mol. The van der Waals surface area contributed by atoms with Gasteiger partial charge in [-0.15, -0.1) is 11.3 Å². The summed E-state index contributed by atoms with van der Waals surface area (Å²) in [4.78, 5) is 16.7. The van der Waals surface area contributed by atoms with E-state index in [2.05, 4.69) is 43.5 Å². The molecule has 0 N–H and O–H groups in total. The molecule has 27 heavy (non-hydrogen) atoms. The summed E-state index contributed by atoms with van der Waals surface area (Å²) in [5, 5.41) is 2.29. The van der Waals surface area contributed by atoms with Gasteiger partial charge in [0, 0.05) is 16.0 Å². The van der Waals surface area contributed by atoms with E-state index >= 15 is 0 Å². The van der Waals surface area contributed by atoms with E-state index in [1.54, 1.807) is 4.88 Å². The number of carbonyl (C=O) groups excluding carboxylic acids is 1. The second kappa shape index (κ2) is 8.18. The number of amides is 1. The Bertz CT molecular complexity index is 776. The van der Waals surface area contributed by atoms with Gasteiger partial charge in [0.2, 0.25) is 5.91 Å².